The van der Waals surface area contributed by atoms with Gasteiger partial charge in [-0.05, 0) is 11.6 Å². The minimum atomic E-state index is -0.856. The third kappa shape index (κ3) is 1.10. The molecule has 0 bridgehead atoms. The maximum absolute atomic E-state index is 11.8. The van der Waals surface area contributed by atoms with E-state index < -0.39 is 6.08 Å². The molecule has 0 aliphatic rings. The van der Waals surface area contributed by atoms with Gasteiger partial charge < -0.3 is 0 Å². The van der Waals surface area contributed by atoms with Gasteiger partial charge in [0.15, 0.2) is 0 Å². The molecule has 1 rings (SSSR count). The lowest BCUT2D eigenvalue weighted by Gasteiger charge is -1.82. The number of hydrogen-bond acceptors (Lipinski definition) is 3. The van der Waals surface area contributed by atoms with Crippen LogP contribution >= 0.6 is 11.6 Å². The highest BCUT2D eigenvalue weighted by Gasteiger charge is 1.91. The summed E-state index contributed by atoms with van der Waals surface area (Å²) < 4.78 is 11.8. The Hall–Kier alpha value is -0.770. The maximum atomic E-state index is 11.8. The molecule has 0 aliphatic carbocycles. The molecule has 1 aromatic rings. The molecule has 0 aromatic carbocycles. The smallest absolute Gasteiger partial charge is 0.206 e. The van der Waals surface area contributed by atoms with E-state index in [1.807, 2.05) is 0 Å². The second kappa shape index (κ2) is 2.00. The normalized spacial score (nSPS) is 9.25. The second-order valence-corrected chi connectivity index (χ2v) is 1.36. The first-order valence-electron chi connectivity index (χ1n) is 1.79. The lowest BCUT2D eigenvalue weighted by molar-refractivity contribution is 0.532. The molecule has 0 radical (unpaired) electrons. The van der Waals surface area contributed by atoms with Crippen molar-refractivity contribution in [1.82, 2.24) is 15.0 Å². The zero-order chi connectivity index (χ0) is 5.98. The summed E-state index contributed by atoms with van der Waals surface area (Å²) in [6.07, 6.45) is 0.148. The van der Waals surface area contributed by atoms with Crippen LogP contribution in [0.4, 0.5) is 4.39 Å². The summed E-state index contributed by atoms with van der Waals surface area (Å²) in [6, 6.07) is 0. The molecule has 0 saturated heterocycles. The molecule has 1 aromatic heterocycles. The second-order valence-electron chi connectivity index (χ2n) is 1.02. The van der Waals surface area contributed by atoms with Gasteiger partial charge in [0.05, 0.1) is 0 Å². The summed E-state index contributed by atoms with van der Waals surface area (Å²) >= 11 is 5.14. The van der Waals surface area contributed by atoms with E-state index in [1.54, 1.807) is 0 Å². The molecular weight excluding hydrogens is 133 g/mol. The molecule has 0 N–H and O–H groups in total. The summed E-state index contributed by atoms with van der Waals surface area (Å²) in [5.74, 6) is 0. The largest absolute Gasteiger partial charge is 0.312 e. The van der Waals surface area contributed by atoms with Gasteiger partial charge in [0.1, 0.15) is 6.33 Å². The Balaban J connectivity index is 3.08. The highest BCUT2D eigenvalue weighted by atomic mass is 35.5. The van der Waals surface area contributed by atoms with Crippen LogP contribution < -0.4 is 0 Å². The van der Waals surface area contributed by atoms with Gasteiger partial charge >= 0.3 is 6.08 Å². The molecule has 0 atom stereocenters. The Morgan fingerprint density at radius 1 is 1.50 bits per heavy atom. The summed E-state index contributed by atoms with van der Waals surface area (Å²) in [5.41, 5.74) is 0. The van der Waals surface area contributed by atoms with Crippen molar-refractivity contribution in [2.45, 2.75) is 0 Å². The fourth-order valence-electron chi connectivity index (χ4n) is 0.258. The average molecular weight is 134 g/mol. The predicted octanol–water partition coefficient (Wildman–Crippen LogP) is 0.664. The van der Waals surface area contributed by atoms with Crippen LogP contribution in [-0.4, -0.2) is 15.0 Å². The number of aromatic nitrogens is 3. The molecule has 1 heterocycles. The SMILES string of the molecule is Fc1ncnc(Cl)n1. The molecule has 8 heavy (non-hydrogen) atoms. The highest BCUT2D eigenvalue weighted by molar-refractivity contribution is 6.28. The third-order valence-corrected chi connectivity index (χ3v) is 0.695. The highest BCUT2D eigenvalue weighted by Crippen LogP contribution is 1.94. The van der Waals surface area contributed by atoms with Crippen molar-refractivity contribution in [2.75, 3.05) is 0 Å². The van der Waals surface area contributed by atoms with Gasteiger partial charge in [-0.2, -0.15) is 14.4 Å². The Bertz CT molecular complexity index is 174. The maximum Gasteiger partial charge on any atom is 0.312 e. The molecule has 3 nitrogen and oxygen atoms in total. The summed E-state index contributed by atoms with van der Waals surface area (Å²) in [7, 11) is 0. The fourth-order valence-corrected chi connectivity index (χ4v) is 0.371. The summed E-state index contributed by atoms with van der Waals surface area (Å²) in [6.45, 7) is 0. The fraction of sp³-hybridized carbons (Fsp3) is 0. The van der Waals surface area contributed by atoms with Gasteiger partial charge in [-0.1, -0.05) is 0 Å². The average Bonchev–Trinajstić information content (AvgIpc) is 1.64. The first kappa shape index (κ1) is 5.37. The summed E-state index contributed by atoms with van der Waals surface area (Å²) in [4.78, 5) is 9.46. The van der Waals surface area contributed by atoms with Gasteiger partial charge in [0, 0.05) is 0 Å². The molecule has 0 spiro atoms. The van der Waals surface area contributed by atoms with Gasteiger partial charge in [-0.25, -0.2) is 4.98 Å². The van der Waals surface area contributed by atoms with E-state index in [4.69, 9.17) is 11.6 Å². The molecule has 0 amide bonds. The molecule has 0 unspecified atom stereocenters. The predicted molar refractivity (Wildman–Crippen MR) is 24.8 cm³/mol. The van der Waals surface area contributed by atoms with Gasteiger partial charge in [-0.3, -0.25) is 0 Å². The van der Waals surface area contributed by atoms with Crippen LogP contribution in [0, 0.1) is 6.08 Å². The van der Waals surface area contributed by atoms with Crippen molar-refractivity contribution in [2.24, 2.45) is 0 Å². The first-order valence-corrected chi connectivity index (χ1v) is 2.17. The van der Waals surface area contributed by atoms with Gasteiger partial charge in [0.25, 0.3) is 0 Å². The topological polar surface area (TPSA) is 38.7 Å². The van der Waals surface area contributed by atoms with E-state index in [1.165, 1.54) is 0 Å². The van der Waals surface area contributed by atoms with Gasteiger partial charge in [-0.15, -0.1) is 0 Å². The quantitative estimate of drug-likeness (QED) is 0.522. The standard InChI is InChI=1S/C3HClFN3/c4-2-6-1-7-3(5)8-2/h1H. The van der Waals surface area contributed by atoms with Crippen LogP contribution in [0.15, 0.2) is 6.33 Å². The van der Waals surface area contributed by atoms with E-state index in [0.717, 1.165) is 6.33 Å². The van der Waals surface area contributed by atoms with E-state index in [0.29, 0.717) is 0 Å². The van der Waals surface area contributed by atoms with E-state index in [9.17, 15) is 4.39 Å². The molecule has 42 valence electrons. The van der Waals surface area contributed by atoms with Crippen LogP contribution in [0.1, 0.15) is 0 Å². The van der Waals surface area contributed by atoms with Crippen LogP contribution in [0.5, 0.6) is 0 Å². The number of nitrogens with zero attached hydrogens (tertiary/aromatic N) is 3. The van der Waals surface area contributed by atoms with Crippen molar-refractivity contribution in [3.63, 3.8) is 0 Å². The Kier molecular flexibility index (Phi) is 1.34. The number of halogens is 2. The van der Waals surface area contributed by atoms with Crippen LogP contribution in [0.3, 0.4) is 0 Å². The lowest BCUT2D eigenvalue weighted by atomic mass is 11.1. The molecule has 5 heteroatoms. The van der Waals surface area contributed by atoms with Crippen LogP contribution in [0.2, 0.25) is 5.28 Å². The van der Waals surface area contributed by atoms with E-state index >= 15 is 0 Å². The molecule has 0 aliphatic heterocycles. The zero-order valence-electron chi connectivity index (χ0n) is 3.67. The molecule has 0 saturated carbocycles. The number of rotatable bonds is 0. The Morgan fingerprint density at radius 2 is 2.25 bits per heavy atom. The third-order valence-electron chi connectivity index (χ3n) is 0.513. The monoisotopic (exact) mass is 133 g/mol. The first-order chi connectivity index (χ1) is 3.79. The minimum Gasteiger partial charge on any atom is -0.206 e. The minimum absolute atomic E-state index is 0.127. The zero-order valence-corrected chi connectivity index (χ0v) is 4.43. The van der Waals surface area contributed by atoms with Crippen molar-refractivity contribution in [3.05, 3.63) is 17.7 Å². The Labute approximate surface area is 49.6 Å². The number of hydrogen-bond donors (Lipinski definition) is 0. The van der Waals surface area contributed by atoms with Crippen molar-refractivity contribution < 1.29 is 4.39 Å². The van der Waals surface area contributed by atoms with Crippen molar-refractivity contribution >= 4 is 11.6 Å². The van der Waals surface area contributed by atoms with Crippen LogP contribution in [0.25, 0.3) is 0 Å². The molecule has 0 fully saturated rings. The summed E-state index contributed by atoms with van der Waals surface area (Å²) in [5, 5.41) is -0.127. The molecular formula is C3HClFN3. The lowest BCUT2D eigenvalue weighted by Crippen LogP contribution is -1.89. The Morgan fingerprint density at radius 3 is 2.62 bits per heavy atom. The van der Waals surface area contributed by atoms with Crippen molar-refractivity contribution in [3.8, 4) is 0 Å². The van der Waals surface area contributed by atoms with Crippen LogP contribution in [-0.2, 0) is 0 Å². The van der Waals surface area contributed by atoms with Gasteiger partial charge in [0.2, 0.25) is 5.28 Å². The van der Waals surface area contributed by atoms with Crippen molar-refractivity contribution in [1.29, 1.82) is 0 Å². The van der Waals surface area contributed by atoms with E-state index in [2.05, 4.69) is 15.0 Å². The van der Waals surface area contributed by atoms with E-state index in [-0.39, 0.29) is 5.28 Å².